The third-order valence-electron chi connectivity index (χ3n) is 5.44. The fraction of sp³-hybridized carbons (Fsp3) is 0.208. The Labute approximate surface area is 191 Å². The second kappa shape index (κ2) is 9.05. The SMILES string of the molecule is CCC(C(=O)NCc1ccco1)n1c(=O)n(-c2cccc(C(F)(F)F)c2)c(=O)c2ccccc21. The summed E-state index contributed by atoms with van der Waals surface area (Å²) in [6, 6.07) is 12.5. The molecule has 0 saturated heterocycles. The second-order valence-electron chi connectivity index (χ2n) is 7.58. The van der Waals surface area contributed by atoms with Gasteiger partial charge in [-0.1, -0.05) is 25.1 Å². The Kier molecular flexibility index (Phi) is 6.14. The van der Waals surface area contributed by atoms with Crippen LogP contribution in [0.2, 0.25) is 0 Å². The van der Waals surface area contributed by atoms with Crippen molar-refractivity contribution in [2.45, 2.75) is 32.1 Å². The molecule has 2 aromatic carbocycles. The van der Waals surface area contributed by atoms with E-state index < -0.39 is 34.9 Å². The van der Waals surface area contributed by atoms with E-state index in [2.05, 4.69) is 5.32 Å². The summed E-state index contributed by atoms with van der Waals surface area (Å²) in [5.41, 5.74) is -2.72. The van der Waals surface area contributed by atoms with Crippen molar-refractivity contribution in [2.24, 2.45) is 0 Å². The number of rotatable bonds is 6. The average Bonchev–Trinajstić information content (AvgIpc) is 3.34. The third kappa shape index (κ3) is 4.26. The number of halogens is 3. The average molecular weight is 471 g/mol. The molecule has 10 heteroatoms. The van der Waals surface area contributed by atoms with Gasteiger partial charge >= 0.3 is 11.9 Å². The van der Waals surface area contributed by atoms with Crippen molar-refractivity contribution in [3.05, 3.63) is 99.1 Å². The number of fused-ring (bicyclic) bond motifs is 1. The highest BCUT2D eigenvalue weighted by atomic mass is 19.4. The monoisotopic (exact) mass is 471 g/mol. The van der Waals surface area contributed by atoms with Crippen molar-refractivity contribution >= 4 is 16.8 Å². The molecule has 1 atom stereocenters. The van der Waals surface area contributed by atoms with Crippen molar-refractivity contribution in [1.29, 1.82) is 0 Å². The minimum Gasteiger partial charge on any atom is -0.467 e. The summed E-state index contributed by atoms with van der Waals surface area (Å²) < 4.78 is 46.8. The summed E-state index contributed by atoms with van der Waals surface area (Å²) >= 11 is 0. The molecule has 34 heavy (non-hydrogen) atoms. The van der Waals surface area contributed by atoms with Gasteiger partial charge in [-0.15, -0.1) is 0 Å². The number of nitrogens with one attached hydrogen (secondary N) is 1. The number of amides is 1. The van der Waals surface area contributed by atoms with Crippen LogP contribution in [-0.2, 0) is 17.5 Å². The highest BCUT2D eigenvalue weighted by molar-refractivity contribution is 5.84. The predicted octanol–water partition coefficient (Wildman–Crippen LogP) is 4.03. The Bertz CT molecular complexity index is 1450. The van der Waals surface area contributed by atoms with Crippen molar-refractivity contribution < 1.29 is 22.4 Å². The van der Waals surface area contributed by atoms with Crippen molar-refractivity contribution in [3.8, 4) is 5.69 Å². The van der Waals surface area contributed by atoms with Crippen LogP contribution in [0.3, 0.4) is 0 Å². The Balaban J connectivity index is 1.90. The smallest absolute Gasteiger partial charge is 0.416 e. The van der Waals surface area contributed by atoms with E-state index in [1.807, 2.05) is 0 Å². The molecule has 4 aromatic rings. The molecular formula is C24H20F3N3O4. The molecule has 7 nitrogen and oxygen atoms in total. The van der Waals surface area contributed by atoms with E-state index in [0.717, 1.165) is 22.8 Å². The zero-order valence-corrected chi connectivity index (χ0v) is 18.0. The maximum Gasteiger partial charge on any atom is 0.416 e. The van der Waals surface area contributed by atoms with Crippen LogP contribution in [0.25, 0.3) is 16.6 Å². The number of benzene rings is 2. The van der Waals surface area contributed by atoms with Crippen LogP contribution < -0.4 is 16.6 Å². The molecule has 0 bridgehead atoms. The number of carbonyl (C=O) groups excluding carboxylic acids is 1. The summed E-state index contributed by atoms with van der Waals surface area (Å²) in [4.78, 5) is 39.8. The van der Waals surface area contributed by atoms with Crippen LogP contribution in [0.15, 0.2) is 80.9 Å². The zero-order valence-electron chi connectivity index (χ0n) is 18.0. The van der Waals surface area contributed by atoms with E-state index in [0.29, 0.717) is 10.3 Å². The molecule has 176 valence electrons. The maximum absolute atomic E-state index is 13.5. The topological polar surface area (TPSA) is 86.2 Å². The van der Waals surface area contributed by atoms with Gasteiger partial charge in [-0.3, -0.25) is 14.2 Å². The largest absolute Gasteiger partial charge is 0.467 e. The highest BCUT2D eigenvalue weighted by Crippen LogP contribution is 2.30. The highest BCUT2D eigenvalue weighted by Gasteiger charge is 2.31. The zero-order chi connectivity index (χ0) is 24.5. The van der Waals surface area contributed by atoms with Crippen LogP contribution >= 0.6 is 0 Å². The normalized spacial score (nSPS) is 12.6. The number of para-hydroxylation sites is 1. The lowest BCUT2D eigenvalue weighted by Gasteiger charge is -2.21. The first kappa shape index (κ1) is 23.1. The van der Waals surface area contributed by atoms with E-state index in [1.54, 1.807) is 31.2 Å². The molecule has 0 aliphatic rings. The lowest BCUT2D eigenvalue weighted by molar-refractivity contribution is -0.137. The van der Waals surface area contributed by atoms with E-state index in [1.165, 1.54) is 24.5 Å². The van der Waals surface area contributed by atoms with E-state index >= 15 is 0 Å². The van der Waals surface area contributed by atoms with Crippen LogP contribution in [0, 0.1) is 0 Å². The van der Waals surface area contributed by atoms with E-state index in [4.69, 9.17) is 4.42 Å². The minimum atomic E-state index is -4.66. The molecule has 2 aromatic heterocycles. The van der Waals surface area contributed by atoms with Gasteiger partial charge in [-0.05, 0) is 48.9 Å². The molecule has 0 aliphatic carbocycles. The number of nitrogens with zero attached hydrogens (tertiary/aromatic N) is 2. The summed E-state index contributed by atoms with van der Waals surface area (Å²) in [7, 11) is 0. The van der Waals surface area contributed by atoms with Gasteiger partial charge in [-0.2, -0.15) is 13.2 Å². The summed E-state index contributed by atoms with van der Waals surface area (Å²) in [5.74, 6) is 0.00902. The molecule has 0 radical (unpaired) electrons. The number of alkyl halides is 3. The van der Waals surface area contributed by atoms with Crippen LogP contribution in [0.4, 0.5) is 13.2 Å². The number of hydrogen-bond acceptors (Lipinski definition) is 4. The summed E-state index contributed by atoms with van der Waals surface area (Å²) in [6.45, 7) is 1.78. The molecule has 2 heterocycles. The lowest BCUT2D eigenvalue weighted by atomic mass is 10.1. The molecular weight excluding hydrogens is 451 g/mol. The summed E-state index contributed by atoms with van der Waals surface area (Å²) in [6.07, 6.45) is -3.01. The molecule has 1 amide bonds. The van der Waals surface area contributed by atoms with Gasteiger partial charge in [-0.25, -0.2) is 9.36 Å². The quantitative estimate of drug-likeness (QED) is 0.460. The van der Waals surface area contributed by atoms with Gasteiger partial charge in [0, 0.05) is 0 Å². The lowest BCUT2D eigenvalue weighted by Crippen LogP contribution is -2.44. The molecule has 4 rings (SSSR count). The Hall–Kier alpha value is -4.08. The molecule has 0 spiro atoms. The fourth-order valence-corrected chi connectivity index (χ4v) is 3.82. The molecule has 0 fully saturated rings. The van der Waals surface area contributed by atoms with Gasteiger partial charge < -0.3 is 9.73 Å². The Morgan fingerprint density at radius 2 is 1.82 bits per heavy atom. The summed E-state index contributed by atoms with van der Waals surface area (Å²) in [5, 5.41) is 2.80. The van der Waals surface area contributed by atoms with Crippen LogP contribution in [-0.4, -0.2) is 15.0 Å². The fourth-order valence-electron chi connectivity index (χ4n) is 3.82. The number of carbonyl (C=O) groups is 1. The molecule has 0 aliphatic heterocycles. The van der Waals surface area contributed by atoms with Gasteiger partial charge in [0.1, 0.15) is 11.8 Å². The van der Waals surface area contributed by atoms with Gasteiger partial charge in [0.05, 0.1) is 35.0 Å². The van der Waals surface area contributed by atoms with Gasteiger partial charge in [0.25, 0.3) is 5.56 Å². The third-order valence-corrected chi connectivity index (χ3v) is 5.44. The number of aromatic nitrogens is 2. The van der Waals surface area contributed by atoms with Crippen molar-refractivity contribution in [1.82, 2.24) is 14.5 Å². The Morgan fingerprint density at radius 3 is 2.50 bits per heavy atom. The van der Waals surface area contributed by atoms with E-state index in [-0.39, 0.29) is 29.6 Å². The maximum atomic E-state index is 13.5. The first-order valence-corrected chi connectivity index (χ1v) is 10.5. The van der Waals surface area contributed by atoms with Crippen molar-refractivity contribution in [3.63, 3.8) is 0 Å². The van der Waals surface area contributed by atoms with Gasteiger partial charge in [0.2, 0.25) is 5.91 Å². The second-order valence-corrected chi connectivity index (χ2v) is 7.58. The van der Waals surface area contributed by atoms with E-state index in [9.17, 15) is 27.6 Å². The number of furan rings is 1. The van der Waals surface area contributed by atoms with Gasteiger partial charge in [0.15, 0.2) is 0 Å². The first-order valence-electron chi connectivity index (χ1n) is 10.5. The Morgan fingerprint density at radius 1 is 1.06 bits per heavy atom. The number of hydrogen-bond donors (Lipinski definition) is 1. The molecule has 1 unspecified atom stereocenters. The van der Waals surface area contributed by atoms with Crippen LogP contribution in [0.1, 0.15) is 30.7 Å². The minimum absolute atomic E-state index is 0.0856. The standard InChI is InChI=1S/C24H20F3N3O4/c1-2-19(21(31)28-14-17-9-6-12-34-17)30-20-11-4-3-10-18(20)22(32)29(23(30)33)16-8-5-7-15(13-16)24(25,26)27/h3-13,19H,2,14H2,1H3,(H,28,31). The first-order chi connectivity index (χ1) is 16.2. The van der Waals surface area contributed by atoms with Crippen molar-refractivity contribution in [2.75, 3.05) is 0 Å². The predicted molar refractivity (Wildman–Crippen MR) is 119 cm³/mol. The molecule has 1 N–H and O–H groups in total. The molecule has 0 saturated carbocycles. The van der Waals surface area contributed by atoms with Crippen LogP contribution in [0.5, 0.6) is 0 Å².